The molecule has 0 radical (unpaired) electrons. The van der Waals surface area contributed by atoms with Crippen LogP contribution in [0, 0.1) is 62.6 Å². The molecule has 5 saturated carbocycles. The predicted octanol–water partition coefficient (Wildman–Crippen LogP) is 10.7. The molecular formula is C43H59NO3. The summed E-state index contributed by atoms with van der Waals surface area (Å²) in [5.41, 5.74) is 0.474. The van der Waals surface area contributed by atoms with Crippen molar-refractivity contribution < 1.29 is 14.6 Å². The fraction of sp³-hybridized carbons (Fsp3) is 0.698. The first-order valence-electron chi connectivity index (χ1n) is 19.0. The minimum atomic E-state index is -1.55. The van der Waals surface area contributed by atoms with Crippen molar-refractivity contribution in [3.8, 4) is 5.75 Å². The molecule has 8 rings (SSSR count). The summed E-state index contributed by atoms with van der Waals surface area (Å²) < 4.78 is 6.42. The van der Waals surface area contributed by atoms with Gasteiger partial charge in [0.25, 0.3) is 0 Å². The van der Waals surface area contributed by atoms with E-state index >= 15 is 0 Å². The number of carbonyl (C=O) groups excluding carboxylic acids is 1. The van der Waals surface area contributed by atoms with Gasteiger partial charge in [-0.25, -0.2) is 4.79 Å². The number of hydrogen-bond acceptors (Lipinski definition) is 3. The van der Waals surface area contributed by atoms with Gasteiger partial charge in [0.15, 0.2) is 11.4 Å². The van der Waals surface area contributed by atoms with Gasteiger partial charge >= 0.3 is 5.97 Å². The largest absolute Gasteiger partial charge is 0.422 e. The summed E-state index contributed by atoms with van der Waals surface area (Å²) >= 11 is 0. The quantitative estimate of drug-likeness (QED) is 0.217. The van der Waals surface area contributed by atoms with E-state index in [9.17, 15) is 9.90 Å². The average molecular weight is 638 g/mol. The van der Waals surface area contributed by atoms with E-state index in [-0.39, 0.29) is 28.1 Å². The number of para-hydroxylation sites is 2. The number of aliphatic hydroxyl groups is 1. The lowest BCUT2D eigenvalue weighted by molar-refractivity contribution is -0.290. The summed E-state index contributed by atoms with van der Waals surface area (Å²) in [5.74, 6) is 3.58. The number of fused-ring (bicyclic) bond motifs is 10. The fourth-order valence-corrected chi connectivity index (χ4v) is 14.1. The maximum Gasteiger partial charge on any atom is 0.344 e. The van der Waals surface area contributed by atoms with Crippen LogP contribution < -0.4 is 4.74 Å². The molecule has 5 aliphatic rings. The Balaban J connectivity index is 1.20. The van der Waals surface area contributed by atoms with Crippen molar-refractivity contribution in [2.24, 2.45) is 62.6 Å². The van der Waals surface area contributed by atoms with Crippen LogP contribution in [0.25, 0.3) is 21.8 Å². The molecule has 0 aliphatic heterocycles. The van der Waals surface area contributed by atoms with E-state index in [2.05, 4.69) is 78.6 Å². The Kier molecular flexibility index (Phi) is 6.87. The van der Waals surface area contributed by atoms with Gasteiger partial charge in [-0.3, -0.25) is 0 Å². The first kappa shape index (κ1) is 31.9. The van der Waals surface area contributed by atoms with Gasteiger partial charge in [-0.15, -0.1) is 0 Å². The van der Waals surface area contributed by atoms with Crippen LogP contribution in [0.4, 0.5) is 0 Å². The molecule has 4 nitrogen and oxygen atoms in total. The van der Waals surface area contributed by atoms with Crippen molar-refractivity contribution in [3.63, 3.8) is 0 Å². The maximum absolute atomic E-state index is 14.8. The molecule has 0 spiro atoms. The third kappa shape index (κ3) is 4.00. The Morgan fingerprint density at radius 1 is 0.766 bits per heavy atom. The lowest BCUT2D eigenvalue weighted by Gasteiger charge is -2.75. The highest BCUT2D eigenvalue weighted by Gasteiger charge is 2.75. The van der Waals surface area contributed by atoms with E-state index in [0.29, 0.717) is 23.5 Å². The van der Waals surface area contributed by atoms with E-state index in [1.54, 1.807) is 0 Å². The molecule has 0 amide bonds. The third-order valence-electron chi connectivity index (χ3n) is 17.2. The van der Waals surface area contributed by atoms with Crippen LogP contribution in [0.2, 0.25) is 0 Å². The number of H-pyrrole nitrogens is 1. The number of rotatable bonds is 2. The smallest absolute Gasteiger partial charge is 0.344 e. The molecule has 4 heteroatoms. The highest BCUT2D eigenvalue weighted by Crippen LogP contribution is 2.78. The fourth-order valence-electron chi connectivity index (χ4n) is 14.1. The van der Waals surface area contributed by atoms with Gasteiger partial charge in [0.1, 0.15) is 0 Å². The zero-order valence-corrected chi connectivity index (χ0v) is 30.3. The van der Waals surface area contributed by atoms with E-state index in [0.717, 1.165) is 58.8 Å². The molecule has 11 atom stereocenters. The van der Waals surface area contributed by atoms with Crippen LogP contribution in [0.15, 0.2) is 42.5 Å². The number of aromatic amines is 1. The van der Waals surface area contributed by atoms with Gasteiger partial charge in [-0.2, -0.15) is 0 Å². The van der Waals surface area contributed by atoms with Gasteiger partial charge < -0.3 is 14.8 Å². The SMILES string of the molecule is C[C@@H]1[C@H]2[C@H]3CC[C@@H]4[C@]5(C)[C@@H](CC[C@@]4(C)[C@]3(C)CC[C@@]2(C)CC[C@H]1C)C(C)(C)CCC5(O)C(=O)Oc1cccc2c1[nH]c1ccccc12. The summed E-state index contributed by atoms with van der Waals surface area (Å²) in [6, 6.07) is 14.2. The maximum atomic E-state index is 14.8. The minimum Gasteiger partial charge on any atom is -0.422 e. The van der Waals surface area contributed by atoms with E-state index in [1.807, 2.05) is 24.3 Å². The molecule has 2 N–H and O–H groups in total. The summed E-state index contributed by atoms with van der Waals surface area (Å²) in [6.07, 6.45) is 11.2. The van der Waals surface area contributed by atoms with Gasteiger partial charge in [0, 0.05) is 21.7 Å². The second-order valence-electron chi connectivity index (χ2n) is 19.1. The van der Waals surface area contributed by atoms with Crippen molar-refractivity contribution in [3.05, 3.63) is 42.5 Å². The highest BCUT2D eigenvalue weighted by molar-refractivity contribution is 6.09. The summed E-state index contributed by atoms with van der Waals surface area (Å²) in [5, 5.41) is 15.3. The second-order valence-corrected chi connectivity index (χ2v) is 19.1. The molecule has 3 aromatic rings. The number of carbonyl (C=O) groups is 1. The molecule has 1 unspecified atom stereocenters. The van der Waals surface area contributed by atoms with Gasteiger partial charge in [0.05, 0.1) is 5.52 Å². The Hall–Kier alpha value is -2.33. The van der Waals surface area contributed by atoms with Crippen molar-refractivity contribution >= 4 is 27.8 Å². The number of hydrogen-bond donors (Lipinski definition) is 2. The van der Waals surface area contributed by atoms with Crippen molar-refractivity contribution in [2.45, 2.75) is 125 Å². The molecule has 1 aromatic heterocycles. The molecule has 2 aromatic carbocycles. The van der Waals surface area contributed by atoms with Crippen LogP contribution >= 0.6 is 0 Å². The van der Waals surface area contributed by atoms with E-state index < -0.39 is 17.0 Å². The number of nitrogens with one attached hydrogen (secondary N) is 1. The molecule has 0 bridgehead atoms. The highest BCUT2D eigenvalue weighted by atomic mass is 16.6. The van der Waals surface area contributed by atoms with Crippen LogP contribution in [0.1, 0.15) is 120 Å². The first-order chi connectivity index (χ1) is 22.1. The van der Waals surface area contributed by atoms with Gasteiger partial charge in [-0.1, -0.05) is 85.7 Å². The predicted molar refractivity (Wildman–Crippen MR) is 191 cm³/mol. The monoisotopic (exact) mass is 637 g/mol. The summed E-state index contributed by atoms with van der Waals surface area (Å²) in [7, 11) is 0. The lowest BCUT2D eigenvalue weighted by Crippen LogP contribution is -2.73. The van der Waals surface area contributed by atoms with E-state index in [4.69, 9.17) is 4.74 Å². The number of ether oxygens (including phenoxy) is 1. The number of aromatic nitrogens is 1. The number of esters is 1. The van der Waals surface area contributed by atoms with Crippen LogP contribution in [0.5, 0.6) is 5.75 Å². The average Bonchev–Trinajstić information content (AvgIpc) is 3.42. The lowest BCUT2D eigenvalue weighted by atomic mass is 9.30. The molecule has 254 valence electrons. The Morgan fingerprint density at radius 2 is 1.51 bits per heavy atom. The molecular weight excluding hydrogens is 578 g/mol. The molecule has 5 aliphatic carbocycles. The van der Waals surface area contributed by atoms with Crippen LogP contribution in [-0.4, -0.2) is 21.7 Å². The van der Waals surface area contributed by atoms with Crippen molar-refractivity contribution in [2.75, 3.05) is 0 Å². The zero-order chi connectivity index (χ0) is 33.4. The Labute approximate surface area is 282 Å². The zero-order valence-electron chi connectivity index (χ0n) is 30.3. The normalized spacial score (nSPS) is 45.8. The molecule has 0 saturated heterocycles. The molecule has 1 heterocycles. The van der Waals surface area contributed by atoms with Crippen LogP contribution in [0.3, 0.4) is 0 Å². The second kappa shape index (κ2) is 10.1. The van der Waals surface area contributed by atoms with Crippen molar-refractivity contribution in [1.82, 2.24) is 4.98 Å². The first-order valence-corrected chi connectivity index (χ1v) is 19.0. The summed E-state index contributed by atoms with van der Waals surface area (Å²) in [4.78, 5) is 18.3. The number of benzene rings is 2. The van der Waals surface area contributed by atoms with E-state index in [1.165, 1.54) is 38.5 Å². The molecule has 5 fully saturated rings. The standard InChI is InChI=1S/C43H59NO3/c1-26-18-20-39(5)23-24-40(6)30(35(39)27(26)2)16-17-34-41(40,7)21-19-33-38(3,4)22-25-43(46,42(33,34)8)37(45)47-32-15-11-13-29-28-12-9-10-14-31(28)44-36(29)32/h9-15,26-27,30,33-35,44,46H,16-25H2,1-8H3/t26-,27+,30-,33+,34+,35+,39-,40-,41-,42+,43?/m1/s1. The Bertz CT molecular complexity index is 1740. The topological polar surface area (TPSA) is 62.3 Å². The van der Waals surface area contributed by atoms with Crippen LogP contribution in [-0.2, 0) is 4.79 Å². The molecule has 47 heavy (non-hydrogen) atoms. The van der Waals surface area contributed by atoms with Gasteiger partial charge in [-0.05, 0) is 134 Å². The third-order valence-corrected chi connectivity index (χ3v) is 17.2. The minimum absolute atomic E-state index is 0.0516. The van der Waals surface area contributed by atoms with Gasteiger partial charge in [0.2, 0.25) is 0 Å². The van der Waals surface area contributed by atoms with Crippen molar-refractivity contribution in [1.29, 1.82) is 0 Å². The Morgan fingerprint density at radius 3 is 2.30 bits per heavy atom. The summed E-state index contributed by atoms with van der Waals surface area (Å²) in [6.45, 7) is 20.1.